The molecule has 0 bridgehead atoms. The largest absolute Gasteiger partial charge is 0.299 e. The molecule has 1 N–H and O–H groups in total. The van der Waals surface area contributed by atoms with Crippen molar-refractivity contribution in [2.45, 2.75) is 11.4 Å². The number of halogens is 1. The summed E-state index contributed by atoms with van der Waals surface area (Å²) in [6.07, 6.45) is 3.35. The third-order valence-corrected chi connectivity index (χ3v) is 4.12. The van der Waals surface area contributed by atoms with E-state index in [4.69, 9.17) is 11.6 Å². The molecule has 0 unspecified atom stereocenters. The van der Waals surface area contributed by atoms with Crippen molar-refractivity contribution in [3.05, 3.63) is 59.9 Å². The van der Waals surface area contributed by atoms with Gasteiger partial charge in [-0.25, -0.2) is 13.1 Å². The topological polar surface area (TPSA) is 67.1 Å². The van der Waals surface area contributed by atoms with Crippen LogP contribution in [0.1, 0.15) is 0 Å². The van der Waals surface area contributed by atoms with Gasteiger partial charge < -0.3 is 0 Å². The Morgan fingerprint density at radius 2 is 1.70 bits per heavy atom. The van der Waals surface area contributed by atoms with Crippen LogP contribution in [0.4, 0.5) is 0 Å². The fourth-order valence-electron chi connectivity index (χ4n) is 1.56. The van der Waals surface area contributed by atoms with Crippen molar-refractivity contribution in [3.8, 4) is 0 Å². The molecular formula is C13H12ClN2O3S+. The maximum Gasteiger partial charge on any atom is 0.299 e. The molecule has 7 heteroatoms. The number of nitrogens with one attached hydrogen (secondary N) is 1. The number of nitrogens with zero attached hydrogens (tertiary/aromatic N) is 1. The standard InChI is InChI=1S/C13H11ClN2O3S/c14-11-4-6-12(7-5-11)20(18,19)15-13(17)10-16-8-2-1-3-9-16/h1-9H,10H2/p+1. The van der Waals surface area contributed by atoms with Crippen molar-refractivity contribution >= 4 is 27.5 Å². The van der Waals surface area contributed by atoms with Crippen LogP contribution >= 0.6 is 11.6 Å². The summed E-state index contributed by atoms with van der Waals surface area (Å²) in [5.41, 5.74) is 0. The van der Waals surface area contributed by atoms with Crippen LogP contribution < -0.4 is 9.29 Å². The molecule has 1 heterocycles. The second-order valence-electron chi connectivity index (χ2n) is 4.03. The number of pyridine rings is 1. The summed E-state index contributed by atoms with van der Waals surface area (Å²) >= 11 is 5.69. The molecular weight excluding hydrogens is 300 g/mol. The van der Waals surface area contributed by atoms with Gasteiger partial charge in [-0.2, -0.15) is 4.57 Å². The van der Waals surface area contributed by atoms with E-state index >= 15 is 0 Å². The summed E-state index contributed by atoms with van der Waals surface area (Å²) in [5, 5.41) is 0.426. The lowest BCUT2D eigenvalue weighted by molar-refractivity contribution is -0.684. The molecule has 2 aromatic rings. The van der Waals surface area contributed by atoms with Crippen molar-refractivity contribution < 1.29 is 17.8 Å². The first-order valence-electron chi connectivity index (χ1n) is 5.73. The number of hydrogen-bond acceptors (Lipinski definition) is 3. The van der Waals surface area contributed by atoms with Gasteiger partial charge in [0.05, 0.1) is 4.90 Å². The van der Waals surface area contributed by atoms with Crippen molar-refractivity contribution in [2.24, 2.45) is 0 Å². The third-order valence-electron chi connectivity index (χ3n) is 2.48. The smallest absolute Gasteiger partial charge is 0.267 e. The second-order valence-corrected chi connectivity index (χ2v) is 6.15. The van der Waals surface area contributed by atoms with E-state index < -0.39 is 15.9 Å². The molecule has 0 saturated heterocycles. The van der Waals surface area contributed by atoms with Crippen LogP contribution in [0, 0.1) is 0 Å². The van der Waals surface area contributed by atoms with Gasteiger partial charge >= 0.3 is 0 Å². The quantitative estimate of drug-likeness (QED) is 0.861. The molecule has 0 radical (unpaired) electrons. The monoisotopic (exact) mass is 311 g/mol. The van der Waals surface area contributed by atoms with Crippen LogP contribution in [0.3, 0.4) is 0 Å². The molecule has 0 fully saturated rings. The lowest BCUT2D eigenvalue weighted by Gasteiger charge is -2.05. The summed E-state index contributed by atoms with van der Waals surface area (Å²) in [4.78, 5) is 11.7. The van der Waals surface area contributed by atoms with Crippen LogP contribution in [-0.2, 0) is 21.4 Å². The zero-order valence-electron chi connectivity index (χ0n) is 10.4. The number of sulfonamides is 1. The van der Waals surface area contributed by atoms with Crippen molar-refractivity contribution in [2.75, 3.05) is 0 Å². The zero-order chi connectivity index (χ0) is 14.6. The summed E-state index contributed by atoms with van der Waals surface area (Å²) < 4.78 is 27.5. The SMILES string of the molecule is O=C(C[n+]1ccccc1)NS(=O)(=O)c1ccc(Cl)cc1. The summed E-state index contributed by atoms with van der Waals surface area (Å²) in [7, 11) is -3.87. The number of hydrogen-bond donors (Lipinski definition) is 1. The number of aromatic nitrogens is 1. The number of amides is 1. The lowest BCUT2D eigenvalue weighted by atomic mass is 10.4. The molecule has 104 valence electrons. The van der Waals surface area contributed by atoms with Crippen molar-refractivity contribution in [3.63, 3.8) is 0 Å². The average Bonchev–Trinajstić information content (AvgIpc) is 2.39. The highest BCUT2D eigenvalue weighted by Gasteiger charge is 2.19. The Bertz CT molecular complexity index is 700. The van der Waals surface area contributed by atoms with Crippen LogP contribution in [0.2, 0.25) is 5.02 Å². The Morgan fingerprint density at radius 1 is 1.10 bits per heavy atom. The third kappa shape index (κ3) is 3.79. The van der Waals surface area contributed by atoms with Gasteiger partial charge in [-0.1, -0.05) is 17.7 Å². The van der Waals surface area contributed by atoms with E-state index in [0.717, 1.165) is 0 Å². The molecule has 0 aliphatic rings. The molecule has 0 aliphatic heterocycles. The fourth-order valence-corrected chi connectivity index (χ4v) is 2.66. The molecule has 5 nitrogen and oxygen atoms in total. The lowest BCUT2D eigenvalue weighted by Crippen LogP contribution is -2.44. The first-order chi connectivity index (χ1) is 9.47. The minimum Gasteiger partial charge on any atom is -0.267 e. The van der Waals surface area contributed by atoms with Crippen molar-refractivity contribution in [1.29, 1.82) is 0 Å². The van der Waals surface area contributed by atoms with Crippen LogP contribution in [0.25, 0.3) is 0 Å². The van der Waals surface area contributed by atoms with Gasteiger partial charge in [0.25, 0.3) is 15.9 Å². The van der Waals surface area contributed by atoms with Gasteiger partial charge in [0.15, 0.2) is 12.4 Å². The Balaban J connectivity index is 2.08. The molecule has 1 aromatic carbocycles. The molecule has 0 saturated carbocycles. The van der Waals surface area contributed by atoms with E-state index in [-0.39, 0.29) is 11.4 Å². The van der Waals surface area contributed by atoms with Gasteiger partial charge in [-0.15, -0.1) is 0 Å². The number of carbonyl (C=O) groups excluding carboxylic acids is 1. The molecule has 1 amide bonds. The second kappa shape index (κ2) is 6.02. The summed E-state index contributed by atoms with van der Waals surface area (Å²) in [5.74, 6) is -0.615. The number of benzene rings is 1. The predicted molar refractivity (Wildman–Crippen MR) is 73.4 cm³/mol. The van der Waals surface area contributed by atoms with Gasteiger partial charge in [-0.05, 0) is 24.3 Å². The highest BCUT2D eigenvalue weighted by molar-refractivity contribution is 7.90. The molecule has 0 spiro atoms. The van der Waals surface area contributed by atoms with E-state index in [9.17, 15) is 13.2 Å². The molecule has 2 rings (SSSR count). The Labute approximate surface area is 121 Å². The van der Waals surface area contributed by atoms with Gasteiger partial charge in [0.1, 0.15) is 0 Å². The minimum absolute atomic E-state index is 0.00619. The number of rotatable bonds is 4. The van der Waals surface area contributed by atoms with E-state index in [1.807, 2.05) is 4.72 Å². The maximum atomic E-state index is 12.0. The molecule has 20 heavy (non-hydrogen) atoms. The highest BCUT2D eigenvalue weighted by atomic mass is 35.5. The maximum absolute atomic E-state index is 12.0. The van der Waals surface area contributed by atoms with E-state index in [0.29, 0.717) is 5.02 Å². The van der Waals surface area contributed by atoms with E-state index in [2.05, 4.69) is 0 Å². The van der Waals surface area contributed by atoms with Gasteiger partial charge in [0, 0.05) is 17.2 Å². The van der Waals surface area contributed by atoms with Crippen LogP contribution in [-0.4, -0.2) is 14.3 Å². The minimum atomic E-state index is -3.87. The van der Waals surface area contributed by atoms with E-state index in [1.54, 1.807) is 35.2 Å². The Kier molecular flexibility index (Phi) is 4.36. The fraction of sp³-hybridized carbons (Fsp3) is 0.0769. The predicted octanol–water partition coefficient (Wildman–Crippen LogP) is 1.13. The van der Waals surface area contributed by atoms with E-state index in [1.165, 1.54) is 24.3 Å². The normalized spacial score (nSPS) is 11.1. The van der Waals surface area contributed by atoms with Gasteiger partial charge in [0.2, 0.25) is 6.54 Å². The first kappa shape index (κ1) is 14.5. The average molecular weight is 312 g/mol. The summed E-state index contributed by atoms with van der Waals surface area (Å²) in [6, 6.07) is 10.9. The van der Waals surface area contributed by atoms with Crippen LogP contribution in [0.5, 0.6) is 0 Å². The molecule has 1 aromatic heterocycles. The van der Waals surface area contributed by atoms with Crippen molar-refractivity contribution in [1.82, 2.24) is 4.72 Å². The number of carbonyl (C=O) groups is 1. The van der Waals surface area contributed by atoms with Crippen LogP contribution in [0.15, 0.2) is 59.8 Å². The Morgan fingerprint density at radius 3 is 2.30 bits per heavy atom. The molecule has 0 atom stereocenters. The highest BCUT2D eigenvalue weighted by Crippen LogP contribution is 2.13. The first-order valence-corrected chi connectivity index (χ1v) is 7.59. The summed E-state index contributed by atoms with van der Waals surface area (Å²) in [6.45, 7) is -0.0757. The molecule has 0 aliphatic carbocycles. The van der Waals surface area contributed by atoms with Gasteiger partial charge in [-0.3, -0.25) is 4.79 Å². The Hall–Kier alpha value is -1.92. The zero-order valence-corrected chi connectivity index (χ0v) is 11.9.